The second-order valence-corrected chi connectivity index (χ2v) is 5.18. The van der Waals surface area contributed by atoms with Crippen LogP contribution in [0.15, 0.2) is 22.8 Å². The molecule has 0 aliphatic heterocycles. The number of nitrogens with zero attached hydrogens (tertiary/aromatic N) is 1. The maximum absolute atomic E-state index is 5.47. The van der Waals surface area contributed by atoms with Gasteiger partial charge in [0.05, 0.1) is 5.69 Å². The predicted octanol–water partition coefficient (Wildman–Crippen LogP) is 3.58. The summed E-state index contributed by atoms with van der Waals surface area (Å²) >= 11 is 3.36. The minimum absolute atomic E-state index is 0.0278. The molecule has 0 fully saturated rings. The van der Waals surface area contributed by atoms with Gasteiger partial charge in [-0.15, -0.1) is 0 Å². The SMILES string of the molecule is COC(c1cccc(Br)n1)C(C)(C)C. The number of rotatable bonds is 2. The Balaban J connectivity index is 3.01. The summed E-state index contributed by atoms with van der Waals surface area (Å²) in [6.07, 6.45) is 0.0278. The van der Waals surface area contributed by atoms with E-state index in [0.717, 1.165) is 10.3 Å². The molecule has 0 bridgehead atoms. The Bertz CT molecular complexity index is 306. The van der Waals surface area contributed by atoms with Crippen LogP contribution in [0.5, 0.6) is 0 Å². The van der Waals surface area contributed by atoms with Gasteiger partial charge in [-0.2, -0.15) is 0 Å². The zero-order valence-corrected chi connectivity index (χ0v) is 10.6. The van der Waals surface area contributed by atoms with E-state index in [1.165, 1.54) is 0 Å². The molecule has 0 N–H and O–H groups in total. The molecule has 14 heavy (non-hydrogen) atoms. The van der Waals surface area contributed by atoms with E-state index in [9.17, 15) is 0 Å². The van der Waals surface area contributed by atoms with Gasteiger partial charge >= 0.3 is 0 Å². The molecule has 0 aromatic carbocycles. The Morgan fingerprint density at radius 1 is 1.36 bits per heavy atom. The first-order valence-electron chi connectivity index (χ1n) is 4.60. The number of halogens is 1. The highest BCUT2D eigenvalue weighted by Crippen LogP contribution is 2.34. The summed E-state index contributed by atoms with van der Waals surface area (Å²) in [5.74, 6) is 0. The van der Waals surface area contributed by atoms with E-state index < -0.39 is 0 Å². The van der Waals surface area contributed by atoms with Crippen molar-refractivity contribution in [3.63, 3.8) is 0 Å². The Morgan fingerprint density at radius 3 is 2.43 bits per heavy atom. The van der Waals surface area contributed by atoms with Gasteiger partial charge in [0.1, 0.15) is 10.7 Å². The molecule has 1 heterocycles. The summed E-state index contributed by atoms with van der Waals surface area (Å²) in [5.41, 5.74) is 1.03. The van der Waals surface area contributed by atoms with Gasteiger partial charge in [-0.05, 0) is 33.5 Å². The molecule has 2 nitrogen and oxygen atoms in total. The van der Waals surface area contributed by atoms with Crippen molar-refractivity contribution in [1.29, 1.82) is 0 Å². The van der Waals surface area contributed by atoms with E-state index >= 15 is 0 Å². The number of pyridine rings is 1. The fourth-order valence-corrected chi connectivity index (χ4v) is 1.85. The molecule has 1 aromatic rings. The molecule has 3 heteroatoms. The first-order valence-corrected chi connectivity index (χ1v) is 5.39. The predicted molar refractivity (Wildman–Crippen MR) is 61.1 cm³/mol. The lowest BCUT2D eigenvalue weighted by atomic mass is 9.87. The van der Waals surface area contributed by atoms with Crippen LogP contribution in [0.1, 0.15) is 32.6 Å². The maximum atomic E-state index is 5.47. The normalized spacial score (nSPS) is 14.1. The fraction of sp³-hybridized carbons (Fsp3) is 0.545. The molecule has 1 aromatic heterocycles. The summed E-state index contributed by atoms with van der Waals surface area (Å²) in [4.78, 5) is 4.40. The van der Waals surface area contributed by atoms with E-state index in [4.69, 9.17) is 4.74 Å². The van der Waals surface area contributed by atoms with Crippen molar-refractivity contribution in [2.75, 3.05) is 7.11 Å². The van der Waals surface area contributed by atoms with Crippen LogP contribution in [0.4, 0.5) is 0 Å². The van der Waals surface area contributed by atoms with Gasteiger partial charge in [-0.1, -0.05) is 26.8 Å². The van der Waals surface area contributed by atoms with Crippen LogP contribution in [0.2, 0.25) is 0 Å². The minimum Gasteiger partial charge on any atom is -0.375 e. The largest absolute Gasteiger partial charge is 0.375 e. The van der Waals surface area contributed by atoms with Crippen LogP contribution in [-0.2, 0) is 4.74 Å². The molecule has 0 spiro atoms. The second kappa shape index (κ2) is 4.41. The summed E-state index contributed by atoms with van der Waals surface area (Å²) in [5, 5.41) is 0. The van der Waals surface area contributed by atoms with E-state index in [1.54, 1.807) is 7.11 Å². The van der Waals surface area contributed by atoms with Crippen LogP contribution in [-0.4, -0.2) is 12.1 Å². The first-order chi connectivity index (χ1) is 6.45. The molecule has 1 rings (SSSR count). The third kappa shape index (κ3) is 2.79. The molecular weight excluding hydrogens is 242 g/mol. The fourth-order valence-electron chi connectivity index (χ4n) is 1.49. The highest BCUT2D eigenvalue weighted by molar-refractivity contribution is 9.10. The van der Waals surface area contributed by atoms with Gasteiger partial charge in [0, 0.05) is 7.11 Å². The lowest BCUT2D eigenvalue weighted by Gasteiger charge is -2.28. The first kappa shape index (κ1) is 11.7. The minimum atomic E-state index is 0.0278. The van der Waals surface area contributed by atoms with Crippen molar-refractivity contribution >= 4 is 15.9 Å². The van der Waals surface area contributed by atoms with E-state index in [-0.39, 0.29) is 11.5 Å². The van der Waals surface area contributed by atoms with Gasteiger partial charge in [0.25, 0.3) is 0 Å². The highest BCUT2D eigenvalue weighted by atomic mass is 79.9. The molecular formula is C11H16BrNO. The third-order valence-electron chi connectivity index (χ3n) is 2.03. The van der Waals surface area contributed by atoms with Gasteiger partial charge in [-0.3, -0.25) is 0 Å². The summed E-state index contributed by atoms with van der Waals surface area (Å²) in [6, 6.07) is 5.88. The average molecular weight is 258 g/mol. The zero-order chi connectivity index (χ0) is 10.8. The van der Waals surface area contributed by atoms with E-state index in [1.807, 2.05) is 18.2 Å². The van der Waals surface area contributed by atoms with Crippen molar-refractivity contribution in [3.8, 4) is 0 Å². The van der Waals surface area contributed by atoms with Crippen LogP contribution >= 0.6 is 15.9 Å². The molecule has 0 aliphatic carbocycles. The maximum Gasteiger partial charge on any atom is 0.106 e. The van der Waals surface area contributed by atoms with Crippen LogP contribution in [0, 0.1) is 5.41 Å². The molecule has 78 valence electrons. The van der Waals surface area contributed by atoms with Crippen molar-refractivity contribution in [2.45, 2.75) is 26.9 Å². The van der Waals surface area contributed by atoms with Gasteiger partial charge < -0.3 is 4.74 Å². The monoisotopic (exact) mass is 257 g/mol. The van der Waals surface area contributed by atoms with E-state index in [0.29, 0.717) is 0 Å². The summed E-state index contributed by atoms with van der Waals surface area (Å²) in [7, 11) is 1.72. The standard InChI is InChI=1S/C11H16BrNO/c1-11(2,3)10(14-4)8-6-5-7-9(12)13-8/h5-7,10H,1-4H3. The molecule has 1 unspecified atom stereocenters. The van der Waals surface area contributed by atoms with Crippen LogP contribution in [0.25, 0.3) is 0 Å². The molecule has 0 amide bonds. The smallest absolute Gasteiger partial charge is 0.106 e. The zero-order valence-electron chi connectivity index (χ0n) is 9.04. The van der Waals surface area contributed by atoms with E-state index in [2.05, 4.69) is 41.7 Å². The lowest BCUT2D eigenvalue weighted by Crippen LogP contribution is -2.21. The Morgan fingerprint density at radius 2 is 2.00 bits per heavy atom. The molecule has 1 atom stereocenters. The van der Waals surface area contributed by atoms with Crippen LogP contribution < -0.4 is 0 Å². The van der Waals surface area contributed by atoms with Crippen molar-refractivity contribution in [3.05, 3.63) is 28.5 Å². The Hall–Kier alpha value is -0.410. The second-order valence-electron chi connectivity index (χ2n) is 4.37. The number of hydrogen-bond donors (Lipinski definition) is 0. The highest BCUT2D eigenvalue weighted by Gasteiger charge is 2.27. The number of ether oxygens (including phenoxy) is 1. The van der Waals surface area contributed by atoms with Crippen molar-refractivity contribution in [2.24, 2.45) is 5.41 Å². The molecule has 0 saturated carbocycles. The molecule has 0 saturated heterocycles. The van der Waals surface area contributed by atoms with Gasteiger partial charge in [0.15, 0.2) is 0 Å². The van der Waals surface area contributed by atoms with Crippen molar-refractivity contribution < 1.29 is 4.74 Å². The number of aromatic nitrogens is 1. The summed E-state index contributed by atoms with van der Waals surface area (Å²) < 4.78 is 6.32. The molecule has 0 aliphatic rings. The van der Waals surface area contributed by atoms with Gasteiger partial charge in [-0.25, -0.2) is 4.98 Å². The van der Waals surface area contributed by atoms with Crippen molar-refractivity contribution in [1.82, 2.24) is 4.98 Å². The quantitative estimate of drug-likeness (QED) is 0.756. The van der Waals surface area contributed by atoms with Crippen LogP contribution in [0.3, 0.4) is 0 Å². The number of hydrogen-bond acceptors (Lipinski definition) is 2. The topological polar surface area (TPSA) is 22.1 Å². The summed E-state index contributed by atoms with van der Waals surface area (Å²) in [6.45, 7) is 6.43. The molecule has 0 radical (unpaired) electrons. The van der Waals surface area contributed by atoms with Gasteiger partial charge in [0.2, 0.25) is 0 Å². The third-order valence-corrected chi connectivity index (χ3v) is 2.47. The average Bonchev–Trinajstić information content (AvgIpc) is 2.02. The number of methoxy groups -OCH3 is 1. The lowest BCUT2D eigenvalue weighted by molar-refractivity contribution is 0.0120. The Labute approximate surface area is 93.8 Å². The Kier molecular flexibility index (Phi) is 3.67.